The highest BCUT2D eigenvalue weighted by Gasteiger charge is 2.51. The third-order valence-electron chi connectivity index (χ3n) is 11.0. The number of morpholine rings is 1. The molecule has 3 heterocycles. The second kappa shape index (κ2) is 19.6. The Morgan fingerprint density at radius 3 is 1.50 bits per heavy atom. The van der Waals surface area contributed by atoms with E-state index in [9.17, 15) is 19.2 Å². The van der Waals surface area contributed by atoms with E-state index in [2.05, 4.69) is 9.97 Å². The molecule has 5 aromatic rings. The van der Waals surface area contributed by atoms with Gasteiger partial charge in [0.25, 0.3) is 0 Å². The standard InChI is InChI=1S/C25H23FN4O3.C22H27BO4/c26-23-22(15-27)28-24(29-25(23)30-9-11-33-12-10-30)20-7-5-18(6-8-20)14-21(32)13-17-1-3-19(16-31)4-2-17;1-21(2)22(3,4)27-23(26-21)19-11-9-17(10-12-19)14-20(25)13-16-5-7-18(15-24)8-6-16/h1-8,31H,9-14,16H2;5-12,24H,13-15H2,1-4H3. The van der Waals surface area contributed by atoms with Crippen LogP contribution in [-0.2, 0) is 62.5 Å². The lowest BCUT2D eigenvalue weighted by Gasteiger charge is -2.32. The maximum Gasteiger partial charge on any atom is 0.494 e. The van der Waals surface area contributed by atoms with Crippen LogP contribution < -0.4 is 10.4 Å². The zero-order chi connectivity index (χ0) is 42.9. The van der Waals surface area contributed by atoms with E-state index in [-0.39, 0.29) is 66.9 Å². The molecule has 0 saturated carbocycles. The van der Waals surface area contributed by atoms with E-state index in [1.807, 2.05) is 107 Å². The molecule has 2 fully saturated rings. The monoisotopic (exact) mass is 812 g/mol. The largest absolute Gasteiger partial charge is 0.494 e. The van der Waals surface area contributed by atoms with Crippen LogP contribution in [0.3, 0.4) is 0 Å². The molecule has 2 aliphatic heterocycles. The molecule has 60 heavy (non-hydrogen) atoms. The lowest BCUT2D eigenvalue weighted by molar-refractivity contribution is -0.118. The number of ketones is 2. The average Bonchev–Trinajstić information content (AvgIpc) is 3.48. The van der Waals surface area contributed by atoms with E-state index < -0.39 is 5.82 Å². The van der Waals surface area contributed by atoms with Crippen LogP contribution >= 0.6 is 0 Å². The molecule has 2 N–H and O–H groups in total. The van der Waals surface area contributed by atoms with Gasteiger partial charge >= 0.3 is 7.12 Å². The smallest absolute Gasteiger partial charge is 0.399 e. The maximum atomic E-state index is 14.7. The van der Waals surface area contributed by atoms with Crippen molar-refractivity contribution >= 4 is 30.0 Å². The number of hydrogen-bond acceptors (Lipinski definition) is 11. The van der Waals surface area contributed by atoms with Crippen LogP contribution in [0, 0.1) is 17.1 Å². The summed E-state index contributed by atoms with van der Waals surface area (Å²) in [5.41, 5.74) is 5.91. The first-order valence-electron chi connectivity index (χ1n) is 20.0. The third-order valence-corrected chi connectivity index (χ3v) is 11.0. The fraction of sp³-hybridized carbons (Fsp3) is 0.340. The summed E-state index contributed by atoms with van der Waals surface area (Å²) in [7, 11) is -0.384. The molecular weight excluding hydrogens is 762 g/mol. The van der Waals surface area contributed by atoms with Crippen molar-refractivity contribution in [2.75, 3.05) is 31.2 Å². The lowest BCUT2D eigenvalue weighted by atomic mass is 9.78. The molecule has 0 radical (unpaired) electrons. The zero-order valence-electron chi connectivity index (χ0n) is 34.5. The molecule has 11 nitrogen and oxygen atoms in total. The van der Waals surface area contributed by atoms with Crippen molar-refractivity contribution in [1.82, 2.24) is 9.97 Å². The van der Waals surface area contributed by atoms with Crippen LogP contribution in [-0.4, -0.2) is 76.4 Å². The molecule has 0 aliphatic carbocycles. The van der Waals surface area contributed by atoms with Gasteiger partial charge in [0.2, 0.25) is 5.82 Å². The summed E-state index contributed by atoms with van der Waals surface area (Å²) in [6.07, 6.45) is 1.37. The van der Waals surface area contributed by atoms with Crippen molar-refractivity contribution < 1.29 is 38.2 Å². The molecule has 4 aromatic carbocycles. The van der Waals surface area contributed by atoms with E-state index in [4.69, 9.17) is 24.3 Å². The van der Waals surface area contributed by atoms with Gasteiger partial charge in [0.1, 0.15) is 17.6 Å². The number of ether oxygens (including phenoxy) is 1. The first-order valence-corrected chi connectivity index (χ1v) is 20.0. The summed E-state index contributed by atoms with van der Waals surface area (Å²) in [6, 6.07) is 31.7. The molecule has 310 valence electrons. The number of nitrogens with zero attached hydrogens (tertiary/aromatic N) is 4. The predicted molar refractivity (Wildman–Crippen MR) is 227 cm³/mol. The average molecular weight is 813 g/mol. The van der Waals surface area contributed by atoms with Gasteiger partial charge in [-0.05, 0) is 66.5 Å². The van der Waals surface area contributed by atoms with Crippen LogP contribution in [0.15, 0.2) is 97.1 Å². The number of halogens is 1. The van der Waals surface area contributed by atoms with Gasteiger partial charge in [-0.2, -0.15) is 9.65 Å². The number of Topliss-reactive ketones (excluding diaryl/α,β-unsaturated/α-hetero) is 2. The number of nitriles is 1. The zero-order valence-corrected chi connectivity index (χ0v) is 34.5. The van der Waals surface area contributed by atoms with Crippen LogP contribution in [0.2, 0.25) is 0 Å². The molecule has 1 aromatic heterocycles. The normalized spacial score (nSPS) is 15.5. The van der Waals surface area contributed by atoms with Crippen LogP contribution in [0.4, 0.5) is 10.2 Å². The summed E-state index contributed by atoms with van der Waals surface area (Å²) < 4.78 is 32.1. The molecule has 13 heteroatoms. The van der Waals surface area contributed by atoms with Crippen molar-refractivity contribution in [3.8, 4) is 17.5 Å². The quantitative estimate of drug-likeness (QED) is 0.141. The van der Waals surface area contributed by atoms with E-state index in [0.29, 0.717) is 51.1 Å². The number of anilines is 1. The molecule has 0 unspecified atom stereocenters. The minimum absolute atomic E-state index is 0.0172. The maximum absolute atomic E-state index is 14.7. The number of carbonyl (C=O) groups is 2. The van der Waals surface area contributed by atoms with E-state index >= 15 is 0 Å². The number of hydrogen-bond donors (Lipinski definition) is 2. The number of aliphatic hydroxyl groups excluding tert-OH is 2. The number of carbonyl (C=O) groups excluding carboxylic acids is 2. The molecule has 2 saturated heterocycles. The number of aliphatic hydroxyl groups is 2. The van der Waals surface area contributed by atoms with Crippen LogP contribution in [0.25, 0.3) is 11.4 Å². The SMILES string of the molecule is CC1(C)OB(c2ccc(CC(=O)Cc3ccc(CO)cc3)cc2)OC1(C)C.N#Cc1nc(-c2ccc(CC(=O)Cc3ccc(CO)cc3)cc2)nc(N2CCOCC2)c1F. The van der Waals surface area contributed by atoms with Crippen LogP contribution in [0.5, 0.6) is 0 Å². The van der Waals surface area contributed by atoms with Gasteiger partial charge in [-0.25, -0.2) is 9.97 Å². The van der Waals surface area contributed by atoms with Gasteiger partial charge in [-0.3, -0.25) is 9.59 Å². The van der Waals surface area contributed by atoms with Crippen molar-refractivity contribution in [2.45, 2.75) is 77.8 Å². The van der Waals surface area contributed by atoms with Crippen molar-refractivity contribution in [1.29, 1.82) is 5.26 Å². The molecule has 0 amide bonds. The van der Waals surface area contributed by atoms with E-state index in [1.54, 1.807) is 29.2 Å². The fourth-order valence-electron chi connectivity index (χ4n) is 6.73. The van der Waals surface area contributed by atoms with Gasteiger partial charge in [0.15, 0.2) is 17.3 Å². The second-order valence-electron chi connectivity index (χ2n) is 16.0. The summed E-state index contributed by atoms with van der Waals surface area (Å²) in [5, 5.41) is 27.5. The summed E-state index contributed by atoms with van der Waals surface area (Å²) >= 11 is 0. The molecule has 7 rings (SSSR count). The number of benzene rings is 4. The first-order chi connectivity index (χ1) is 28.8. The molecule has 0 bridgehead atoms. The molecular formula is C47H50BFN4O7. The van der Waals surface area contributed by atoms with Gasteiger partial charge in [0, 0.05) is 44.3 Å². The first kappa shape index (κ1) is 44.0. The lowest BCUT2D eigenvalue weighted by Crippen LogP contribution is -2.41. The number of aromatic nitrogens is 2. The highest BCUT2D eigenvalue weighted by atomic mass is 19.1. The summed E-state index contributed by atoms with van der Waals surface area (Å²) in [4.78, 5) is 35.0. The Kier molecular flexibility index (Phi) is 14.4. The Balaban J connectivity index is 0.000000205. The van der Waals surface area contributed by atoms with E-state index in [1.165, 1.54) is 0 Å². The van der Waals surface area contributed by atoms with Crippen LogP contribution in [0.1, 0.15) is 66.8 Å². The summed E-state index contributed by atoms with van der Waals surface area (Å²) in [6.45, 7) is 10.0. The summed E-state index contributed by atoms with van der Waals surface area (Å²) in [5.74, 6) is -0.131. The molecule has 2 aliphatic rings. The molecule has 0 spiro atoms. The number of rotatable bonds is 13. The minimum Gasteiger partial charge on any atom is -0.399 e. The van der Waals surface area contributed by atoms with Crippen molar-refractivity contribution in [3.63, 3.8) is 0 Å². The Bertz CT molecular complexity index is 2270. The van der Waals surface area contributed by atoms with E-state index in [0.717, 1.165) is 38.8 Å². The highest BCUT2D eigenvalue weighted by molar-refractivity contribution is 6.62. The second-order valence-corrected chi connectivity index (χ2v) is 16.0. The Morgan fingerprint density at radius 1 is 0.683 bits per heavy atom. The van der Waals surface area contributed by atoms with Gasteiger partial charge in [-0.15, -0.1) is 0 Å². The predicted octanol–water partition coefficient (Wildman–Crippen LogP) is 5.67. The third kappa shape index (κ3) is 11.1. The van der Waals surface area contributed by atoms with Crippen molar-refractivity contribution in [2.24, 2.45) is 0 Å². The Morgan fingerprint density at radius 2 is 1.08 bits per heavy atom. The molecule has 0 atom stereocenters. The van der Waals surface area contributed by atoms with Crippen molar-refractivity contribution in [3.05, 3.63) is 142 Å². The van der Waals surface area contributed by atoms with Gasteiger partial charge in [0.05, 0.1) is 37.6 Å². The minimum atomic E-state index is -0.725. The topological polar surface area (TPSA) is 155 Å². The Labute approximate surface area is 350 Å². The fourth-order valence-corrected chi connectivity index (χ4v) is 6.73. The highest BCUT2D eigenvalue weighted by Crippen LogP contribution is 2.36. The van der Waals surface area contributed by atoms with Gasteiger partial charge < -0.3 is 29.2 Å². The Hall–Kier alpha value is -5.62. The van der Waals surface area contributed by atoms with Gasteiger partial charge in [-0.1, -0.05) is 97.1 Å².